The molecule has 72 valence electrons. The van der Waals surface area contributed by atoms with Gasteiger partial charge in [-0.3, -0.25) is 0 Å². The molecule has 0 aliphatic heterocycles. The Hall–Kier alpha value is -0.0900. The predicted octanol–water partition coefficient (Wildman–Crippen LogP) is 2.83. The molecular formula is C11H16IN. The van der Waals surface area contributed by atoms with Crippen molar-refractivity contribution in [3.05, 3.63) is 33.4 Å². The molecule has 0 saturated heterocycles. The van der Waals surface area contributed by atoms with Gasteiger partial charge in [0.15, 0.2) is 0 Å². The largest absolute Gasteiger partial charge is 0.314 e. The molecule has 13 heavy (non-hydrogen) atoms. The number of rotatable bonds is 4. The van der Waals surface area contributed by atoms with Crippen molar-refractivity contribution in [1.82, 2.24) is 5.32 Å². The zero-order valence-electron chi connectivity index (χ0n) is 8.18. The van der Waals surface area contributed by atoms with Crippen molar-refractivity contribution in [1.29, 1.82) is 0 Å². The van der Waals surface area contributed by atoms with E-state index in [1.54, 1.807) is 0 Å². The molecule has 1 aromatic rings. The summed E-state index contributed by atoms with van der Waals surface area (Å²) >= 11 is 2.39. The van der Waals surface area contributed by atoms with Crippen LogP contribution in [0.3, 0.4) is 0 Å². The Balaban J connectivity index is 2.41. The number of hydrogen-bond acceptors (Lipinski definition) is 1. The number of nitrogens with one attached hydrogen (secondary N) is 1. The van der Waals surface area contributed by atoms with E-state index in [2.05, 4.69) is 66.0 Å². The topological polar surface area (TPSA) is 12.0 Å². The molecule has 0 fully saturated rings. The van der Waals surface area contributed by atoms with Gasteiger partial charge in [-0.05, 0) is 47.2 Å². The minimum absolute atomic E-state index is 0.585. The molecule has 0 amide bonds. The molecule has 0 radical (unpaired) electrons. The Labute approximate surface area is 94.1 Å². The highest BCUT2D eigenvalue weighted by Crippen LogP contribution is 2.11. The zero-order chi connectivity index (χ0) is 9.68. The first-order chi connectivity index (χ1) is 6.20. The van der Waals surface area contributed by atoms with Gasteiger partial charge in [-0.15, -0.1) is 0 Å². The second-order valence-electron chi connectivity index (χ2n) is 3.45. The first-order valence-corrected chi connectivity index (χ1v) is 5.75. The van der Waals surface area contributed by atoms with Crippen LogP contribution in [-0.2, 0) is 6.42 Å². The van der Waals surface area contributed by atoms with Crippen LogP contribution in [0.5, 0.6) is 0 Å². The monoisotopic (exact) mass is 289 g/mol. The molecule has 0 unspecified atom stereocenters. The minimum atomic E-state index is 0.585. The maximum Gasteiger partial charge on any atom is 0.0162 e. The summed E-state index contributed by atoms with van der Waals surface area (Å²) in [5, 5.41) is 3.42. The van der Waals surface area contributed by atoms with E-state index >= 15 is 0 Å². The molecule has 1 rings (SSSR count). The zero-order valence-corrected chi connectivity index (χ0v) is 10.3. The lowest BCUT2D eigenvalue weighted by atomic mass is 10.1. The van der Waals surface area contributed by atoms with Gasteiger partial charge in [0.2, 0.25) is 0 Å². The van der Waals surface area contributed by atoms with Crippen molar-refractivity contribution >= 4 is 22.6 Å². The predicted molar refractivity (Wildman–Crippen MR) is 66.0 cm³/mol. The first kappa shape index (κ1) is 11.0. The Morgan fingerprint density at radius 2 is 2.00 bits per heavy atom. The van der Waals surface area contributed by atoms with Crippen molar-refractivity contribution in [2.75, 3.05) is 6.54 Å². The Kier molecular flexibility index (Phi) is 4.73. The lowest BCUT2D eigenvalue weighted by molar-refractivity contribution is 0.590. The Bertz CT molecular complexity index is 258. The molecule has 2 heteroatoms. The smallest absolute Gasteiger partial charge is 0.0162 e. The van der Waals surface area contributed by atoms with Crippen LogP contribution in [0.2, 0.25) is 0 Å². The molecule has 1 nitrogen and oxygen atoms in total. The van der Waals surface area contributed by atoms with E-state index in [1.807, 2.05) is 0 Å². The van der Waals surface area contributed by atoms with Gasteiger partial charge in [-0.25, -0.2) is 0 Å². The van der Waals surface area contributed by atoms with Crippen LogP contribution in [0.25, 0.3) is 0 Å². The van der Waals surface area contributed by atoms with E-state index < -0.39 is 0 Å². The molecule has 0 aliphatic rings. The molecular weight excluding hydrogens is 273 g/mol. The van der Waals surface area contributed by atoms with Crippen LogP contribution >= 0.6 is 22.6 Å². The van der Waals surface area contributed by atoms with Gasteiger partial charge >= 0.3 is 0 Å². The normalized spacial score (nSPS) is 10.8. The third kappa shape index (κ3) is 4.09. The highest BCUT2D eigenvalue weighted by Gasteiger charge is 1.98. The number of hydrogen-bond donors (Lipinski definition) is 1. The third-order valence-electron chi connectivity index (χ3n) is 1.90. The summed E-state index contributed by atoms with van der Waals surface area (Å²) in [7, 11) is 0. The van der Waals surface area contributed by atoms with Crippen molar-refractivity contribution in [3.8, 4) is 0 Å². The molecule has 0 heterocycles. The van der Waals surface area contributed by atoms with Crippen LogP contribution in [-0.4, -0.2) is 12.6 Å². The van der Waals surface area contributed by atoms with E-state index in [1.165, 1.54) is 9.13 Å². The lowest BCUT2D eigenvalue weighted by Crippen LogP contribution is -2.25. The van der Waals surface area contributed by atoms with Crippen LogP contribution in [0.4, 0.5) is 0 Å². The fourth-order valence-corrected chi connectivity index (χ4v) is 1.85. The van der Waals surface area contributed by atoms with E-state index in [9.17, 15) is 0 Å². The van der Waals surface area contributed by atoms with Gasteiger partial charge in [-0.2, -0.15) is 0 Å². The second kappa shape index (κ2) is 5.60. The number of halogens is 1. The van der Waals surface area contributed by atoms with Gasteiger partial charge in [0.05, 0.1) is 0 Å². The van der Waals surface area contributed by atoms with Gasteiger partial charge < -0.3 is 5.32 Å². The van der Waals surface area contributed by atoms with Gasteiger partial charge in [0.1, 0.15) is 0 Å². The van der Waals surface area contributed by atoms with Crippen molar-refractivity contribution in [2.24, 2.45) is 0 Å². The third-order valence-corrected chi connectivity index (χ3v) is 2.96. The van der Waals surface area contributed by atoms with Gasteiger partial charge in [0, 0.05) is 9.61 Å². The molecule has 0 saturated carbocycles. The standard InChI is InChI=1S/C11H16IN/c1-9(2)13-8-7-10-5-3-4-6-11(10)12/h3-6,9,13H,7-8H2,1-2H3. The van der Waals surface area contributed by atoms with Gasteiger partial charge in [-0.1, -0.05) is 32.0 Å². The fraction of sp³-hybridized carbons (Fsp3) is 0.455. The highest BCUT2D eigenvalue weighted by atomic mass is 127. The molecule has 1 N–H and O–H groups in total. The quantitative estimate of drug-likeness (QED) is 0.840. The SMILES string of the molecule is CC(C)NCCc1ccccc1I. The van der Waals surface area contributed by atoms with Crippen LogP contribution in [0, 0.1) is 3.57 Å². The summed E-state index contributed by atoms with van der Waals surface area (Å²) in [6.07, 6.45) is 1.12. The molecule has 1 aromatic carbocycles. The molecule has 0 spiro atoms. The van der Waals surface area contributed by atoms with E-state index in [-0.39, 0.29) is 0 Å². The van der Waals surface area contributed by atoms with Crippen molar-refractivity contribution in [3.63, 3.8) is 0 Å². The van der Waals surface area contributed by atoms with Crippen LogP contribution in [0.15, 0.2) is 24.3 Å². The summed E-state index contributed by atoms with van der Waals surface area (Å²) in [6, 6.07) is 9.13. The van der Waals surface area contributed by atoms with Crippen LogP contribution in [0.1, 0.15) is 19.4 Å². The summed E-state index contributed by atoms with van der Waals surface area (Å²) in [5.41, 5.74) is 1.44. The van der Waals surface area contributed by atoms with E-state index in [0.717, 1.165) is 13.0 Å². The average molecular weight is 289 g/mol. The van der Waals surface area contributed by atoms with Crippen molar-refractivity contribution < 1.29 is 0 Å². The van der Waals surface area contributed by atoms with Crippen LogP contribution < -0.4 is 5.32 Å². The second-order valence-corrected chi connectivity index (χ2v) is 4.61. The average Bonchev–Trinajstić information content (AvgIpc) is 2.08. The summed E-state index contributed by atoms with van der Waals surface area (Å²) in [6.45, 7) is 5.42. The number of benzene rings is 1. The molecule has 0 bridgehead atoms. The van der Waals surface area contributed by atoms with Gasteiger partial charge in [0.25, 0.3) is 0 Å². The highest BCUT2D eigenvalue weighted by molar-refractivity contribution is 14.1. The summed E-state index contributed by atoms with van der Waals surface area (Å²) < 4.78 is 1.37. The Morgan fingerprint density at radius 1 is 1.31 bits per heavy atom. The van der Waals surface area contributed by atoms with Crippen molar-refractivity contribution in [2.45, 2.75) is 26.3 Å². The summed E-state index contributed by atoms with van der Waals surface area (Å²) in [4.78, 5) is 0. The maximum absolute atomic E-state index is 3.42. The van der Waals surface area contributed by atoms with E-state index in [0.29, 0.717) is 6.04 Å². The fourth-order valence-electron chi connectivity index (χ4n) is 1.20. The molecule has 0 aromatic heterocycles. The first-order valence-electron chi connectivity index (χ1n) is 4.67. The maximum atomic E-state index is 3.42. The molecule has 0 atom stereocenters. The summed E-state index contributed by atoms with van der Waals surface area (Å²) in [5.74, 6) is 0. The minimum Gasteiger partial charge on any atom is -0.314 e. The van der Waals surface area contributed by atoms with E-state index in [4.69, 9.17) is 0 Å². The molecule has 0 aliphatic carbocycles. The Morgan fingerprint density at radius 3 is 2.62 bits per heavy atom. The lowest BCUT2D eigenvalue weighted by Gasteiger charge is -2.08.